The van der Waals surface area contributed by atoms with Crippen LogP contribution in [0.3, 0.4) is 0 Å². The number of alkyl halides is 3. The number of benzene rings is 1. The van der Waals surface area contributed by atoms with Crippen molar-refractivity contribution in [2.45, 2.75) is 12.6 Å². The zero-order valence-electron chi connectivity index (χ0n) is 13.9. The summed E-state index contributed by atoms with van der Waals surface area (Å²) in [6.07, 6.45) is -0.153. The molecular formula is C16H10F4N6. The van der Waals surface area contributed by atoms with Crippen molar-refractivity contribution in [3.63, 3.8) is 0 Å². The Morgan fingerprint density at radius 3 is 2.85 bits per heavy atom. The summed E-state index contributed by atoms with van der Waals surface area (Å²) in [5.74, 6) is -1.99. The van der Waals surface area contributed by atoms with Crippen LogP contribution in [-0.2, 0) is 12.6 Å². The molecule has 1 N–H and O–H groups in total. The van der Waals surface area contributed by atoms with Gasteiger partial charge in [0.05, 0.1) is 7.06 Å². The molecule has 0 bridgehead atoms. The van der Waals surface area contributed by atoms with E-state index in [9.17, 15) is 17.6 Å². The van der Waals surface area contributed by atoms with Crippen molar-refractivity contribution in [1.82, 2.24) is 29.5 Å². The Kier molecular flexibility index (Phi) is 3.40. The first-order valence-electron chi connectivity index (χ1n) is 7.89. The number of rotatable bonds is 3. The quantitative estimate of drug-likeness (QED) is 0.567. The molecule has 0 aliphatic heterocycles. The third-order valence-electron chi connectivity index (χ3n) is 3.67. The molecule has 26 heavy (non-hydrogen) atoms. The van der Waals surface area contributed by atoms with Gasteiger partial charge < -0.3 is 4.40 Å². The summed E-state index contributed by atoms with van der Waals surface area (Å²) in [6, 6.07) is 3.98. The van der Waals surface area contributed by atoms with E-state index >= 15 is 0 Å². The molecule has 0 fully saturated rings. The molecular weight excluding hydrogens is 352 g/mol. The molecule has 0 saturated heterocycles. The van der Waals surface area contributed by atoms with Crippen molar-refractivity contribution < 1.29 is 18.9 Å². The molecule has 0 aliphatic carbocycles. The third kappa shape index (κ3) is 2.89. The van der Waals surface area contributed by atoms with Crippen LogP contribution in [0.5, 0.6) is 0 Å². The van der Waals surface area contributed by atoms with Crippen molar-refractivity contribution in [3.8, 4) is 11.5 Å². The Balaban J connectivity index is 1.80. The maximum absolute atomic E-state index is 14.0. The summed E-state index contributed by atoms with van der Waals surface area (Å²) in [6.45, 7) is 0. The lowest BCUT2D eigenvalue weighted by molar-refractivity contribution is -0.144. The van der Waals surface area contributed by atoms with Crippen LogP contribution in [0.1, 0.15) is 18.5 Å². The molecule has 0 atom stereocenters. The van der Waals surface area contributed by atoms with Crippen molar-refractivity contribution in [2.75, 3.05) is 0 Å². The van der Waals surface area contributed by atoms with E-state index in [1.54, 1.807) is 10.6 Å². The van der Waals surface area contributed by atoms with Gasteiger partial charge in [0.25, 0.3) is 0 Å². The second-order valence-corrected chi connectivity index (χ2v) is 5.43. The molecule has 0 amide bonds. The van der Waals surface area contributed by atoms with Crippen LogP contribution in [0.15, 0.2) is 42.8 Å². The van der Waals surface area contributed by atoms with E-state index < -0.39 is 17.8 Å². The number of nitrogens with one attached hydrogen (secondary N) is 1. The van der Waals surface area contributed by atoms with Gasteiger partial charge >= 0.3 is 6.18 Å². The van der Waals surface area contributed by atoms with E-state index in [1.807, 2.05) is 5.10 Å². The normalized spacial score (nSPS) is 12.5. The maximum Gasteiger partial charge on any atom is 0.451 e. The van der Waals surface area contributed by atoms with E-state index in [2.05, 4.69) is 20.1 Å². The van der Waals surface area contributed by atoms with Crippen LogP contribution >= 0.6 is 0 Å². The summed E-state index contributed by atoms with van der Waals surface area (Å²) in [5, 5.41) is 5.40. The molecule has 3 heterocycles. The SMILES string of the molecule is [2H]c1ccc(F)c(Cc2nc(-c3n[nH]c(C(F)(F)F)n3)cn3ccnc23)c1. The van der Waals surface area contributed by atoms with Crippen molar-refractivity contribution >= 4 is 5.65 Å². The van der Waals surface area contributed by atoms with E-state index in [-0.39, 0.29) is 29.5 Å². The van der Waals surface area contributed by atoms with Gasteiger partial charge in [-0.3, -0.25) is 5.10 Å². The number of halogens is 4. The molecule has 10 heteroatoms. The summed E-state index contributed by atoms with van der Waals surface area (Å²) >= 11 is 0. The average Bonchev–Trinajstić information content (AvgIpc) is 3.26. The van der Waals surface area contributed by atoms with Gasteiger partial charge in [-0.15, -0.1) is 0 Å². The number of aromatic nitrogens is 6. The van der Waals surface area contributed by atoms with Gasteiger partial charge in [0.15, 0.2) is 5.65 Å². The molecule has 0 saturated carbocycles. The number of fused-ring (bicyclic) bond motifs is 1. The van der Waals surface area contributed by atoms with E-state index in [1.165, 1.54) is 30.6 Å². The molecule has 3 aromatic heterocycles. The number of imidazole rings is 1. The largest absolute Gasteiger partial charge is 0.451 e. The average molecular weight is 363 g/mol. The Morgan fingerprint density at radius 1 is 1.23 bits per heavy atom. The Bertz CT molecular complexity index is 1130. The highest BCUT2D eigenvalue weighted by atomic mass is 19.4. The first-order valence-corrected chi connectivity index (χ1v) is 7.39. The summed E-state index contributed by atoms with van der Waals surface area (Å²) in [4.78, 5) is 11.9. The highest BCUT2D eigenvalue weighted by Crippen LogP contribution is 2.27. The molecule has 0 radical (unpaired) electrons. The smallest absolute Gasteiger partial charge is 0.303 e. The van der Waals surface area contributed by atoms with Gasteiger partial charge in [-0.25, -0.2) is 19.3 Å². The van der Waals surface area contributed by atoms with Crippen LogP contribution in [0.25, 0.3) is 17.2 Å². The fourth-order valence-electron chi connectivity index (χ4n) is 2.49. The number of hydrogen-bond acceptors (Lipinski definition) is 4. The molecule has 4 aromatic rings. The zero-order valence-corrected chi connectivity index (χ0v) is 12.9. The topological polar surface area (TPSA) is 71.8 Å². The van der Waals surface area contributed by atoms with Crippen molar-refractivity contribution in [3.05, 3.63) is 65.7 Å². The summed E-state index contributed by atoms with van der Waals surface area (Å²) in [5.41, 5.74) is 1.04. The number of nitrogens with zero attached hydrogens (tertiary/aromatic N) is 5. The predicted molar refractivity (Wildman–Crippen MR) is 82.6 cm³/mol. The van der Waals surface area contributed by atoms with Gasteiger partial charge in [-0.1, -0.05) is 18.2 Å². The fourth-order valence-corrected chi connectivity index (χ4v) is 2.49. The van der Waals surface area contributed by atoms with Crippen LogP contribution in [0, 0.1) is 5.82 Å². The molecule has 0 spiro atoms. The zero-order chi connectivity index (χ0) is 19.2. The van der Waals surface area contributed by atoms with Gasteiger partial charge in [-0.2, -0.15) is 18.3 Å². The summed E-state index contributed by atoms with van der Waals surface area (Å²) in [7, 11) is 0. The Labute approximate surface area is 145 Å². The van der Waals surface area contributed by atoms with Gasteiger partial charge in [0.2, 0.25) is 11.6 Å². The summed E-state index contributed by atoms with van der Waals surface area (Å²) < 4.78 is 61.4. The molecule has 1 aromatic carbocycles. The second kappa shape index (κ2) is 5.90. The van der Waals surface area contributed by atoms with Crippen LogP contribution in [-0.4, -0.2) is 29.5 Å². The number of aromatic amines is 1. The van der Waals surface area contributed by atoms with Gasteiger partial charge in [0, 0.05) is 25.0 Å². The standard InChI is InChI=1S/C16H10F4N6/c17-10-4-2-1-3-9(10)7-11-14-21-5-6-26(14)8-12(22-11)13-23-15(25-24-13)16(18,19)20/h1-6,8H,7H2,(H,23,24,25)/i1D. The molecule has 4 rings (SSSR count). The lowest BCUT2D eigenvalue weighted by atomic mass is 10.1. The molecule has 6 nitrogen and oxygen atoms in total. The third-order valence-corrected chi connectivity index (χ3v) is 3.67. The highest BCUT2D eigenvalue weighted by Gasteiger charge is 2.35. The molecule has 132 valence electrons. The van der Waals surface area contributed by atoms with Crippen molar-refractivity contribution in [2.24, 2.45) is 0 Å². The minimum Gasteiger partial charge on any atom is -0.303 e. The number of H-pyrrole nitrogens is 1. The highest BCUT2D eigenvalue weighted by molar-refractivity contribution is 5.55. The lowest BCUT2D eigenvalue weighted by Crippen LogP contribution is -2.07. The monoisotopic (exact) mass is 363 g/mol. The fraction of sp³-hybridized carbons (Fsp3) is 0.125. The first kappa shape index (κ1) is 15.0. The number of hydrogen-bond donors (Lipinski definition) is 1. The lowest BCUT2D eigenvalue weighted by Gasteiger charge is -2.07. The Morgan fingerprint density at radius 2 is 2.08 bits per heavy atom. The van der Waals surface area contributed by atoms with Gasteiger partial charge in [-0.05, 0) is 11.6 Å². The first-order chi connectivity index (χ1) is 12.8. The minimum atomic E-state index is -4.66. The van der Waals surface area contributed by atoms with Crippen LogP contribution in [0.2, 0.25) is 0 Å². The maximum atomic E-state index is 14.0. The van der Waals surface area contributed by atoms with E-state index in [4.69, 9.17) is 1.37 Å². The van der Waals surface area contributed by atoms with Crippen LogP contribution < -0.4 is 0 Å². The van der Waals surface area contributed by atoms with Crippen LogP contribution in [0.4, 0.5) is 17.6 Å². The van der Waals surface area contributed by atoms with E-state index in [0.717, 1.165) is 0 Å². The van der Waals surface area contributed by atoms with Gasteiger partial charge in [0.1, 0.15) is 11.5 Å². The van der Waals surface area contributed by atoms with Crippen molar-refractivity contribution in [1.29, 1.82) is 0 Å². The Hall–Kier alpha value is -3.30. The second-order valence-electron chi connectivity index (χ2n) is 5.43. The van der Waals surface area contributed by atoms with E-state index in [0.29, 0.717) is 11.3 Å². The molecule has 0 aliphatic rings. The molecule has 0 unspecified atom stereocenters. The minimum absolute atomic E-state index is 0.00343. The predicted octanol–water partition coefficient (Wildman–Crippen LogP) is 3.26.